The van der Waals surface area contributed by atoms with Crippen LogP contribution in [0.3, 0.4) is 0 Å². The van der Waals surface area contributed by atoms with Gasteiger partial charge in [-0.1, -0.05) is 34.1 Å². The van der Waals surface area contributed by atoms with Crippen LogP contribution in [-0.4, -0.2) is 27.3 Å². The van der Waals surface area contributed by atoms with E-state index < -0.39 is 12.1 Å². The Morgan fingerprint density at radius 3 is 2.62 bits per heavy atom. The number of rotatable bonds is 5. The van der Waals surface area contributed by atoms with E-state index in [-0.39, 0.29) is 11.3 Å². The number of hydrogen-bond acceptors (Lipinski definition) is 3. The number of carboxylic acid groups (broad SMARTS) is 1. The van der Waals surface area contributed by atoms with Gasteiger partial charge in [-0.3, -0.25) is 4.79 Å². The van der Waals surface area contributed by atoms with Crippen LogP contribution in [0, 0.1) is 0 Å². The Kier molecular flexibility index (Phi) is 4.64. The summed E-state index contributed by atoms with van der Waals surface area (Å²) in [6.45, 7) is 0. The minimum Gasteiger partial charge on any atom is -0.479 e. The summed E-state index contributed by atoms with van der Waals surface area (Å²) in [5.41, 5.74) is 0.630. The zero-order valence-corrected chi connectivity index (χ0v) is 9.98. The summed E-state index contributed by atoms with van der Waals surface area (Å²) >= 11 is 3.15. The molecule has 1 aromatic carbocycles. The highest BCUT2D eigenvalue weighted by Crippen LogP contribution is 2.16. The van der Waals surface area contributed by atoms with Crippen molar-refractivity contribution in [3.8, 4) is 0 Å². The molecule has 16 heavy (non-hydrogen) atoms. The SMILES string of the molecule is O=C(CCBr)c1cccc(C(O)C(=O)O)c1. The zero-order valence-electron chi connectivity index (χ0n) is 8.39. The van der Waals surface area contributed by atoms with Gasteiger partial charge in [0.1, 0.15) is 0 Å². The van der Waals surface area contributed by atoms with E-state index in [1.165, 1.54) is 12.1 Å². The summed E-state index contributed by atoms with van der Waals surface area (Å²) in [5.74, 6) is -1.42. The predicted octanol–water partition coefficient (Wildman–Crippen LogP) is 1.77. The summed E-state index contributed by atoms with van der Waals surface area (Å²) in [7, 11) is 0. The Morgan fingerprint density at radius 2 is 2.06 bits per heavy atom. The summed E-state index contributed by atoms with van der Waals surface area (Å²) < 4.78 is 0. The van der Waals surface area contributed by atoms with Gasteiger partial charge >= 0.3 is 5.97 Å². The van der Waals surface area contributed by atoms with Crippen LogP contribution in [0.25, 0.3) is 0 Å². The second-order valence-electron chi connectivity index (χ2n) is 3.23. The van der Waals surface area contributed by atoms with Crippen LogP contribution in [0.1, 0.15) is 28.4 Å². The van der Waals surface area contributed by atoms with E-state index in [1.807, 2.05) is 0 Å². The zero-order chi connectivity index (χ0) is 12.1. The molecule has 0 aliphatic carbocycles. The minimum atomic E-state index is -1.59. The lowest BCUT2D eigenvalue weighted by Gasteiger charge is -2.07. The van der Waals surface area contributed by atoms with Crippen LogP contribution in [0.5, 0.6) is 0 Å². The molecule has 0 bridgehead atoms. The minimum absolute atomic E-state index is 0.0867. The number of carbonyl (C=O) groups is 2. The third-order valence-electron chi connectivity index (χ3n) is 2.08. The summed E-state index contributed by atoms with van der Waals surface area (Å²) in [4.78, 5) is 22.1. The molecule has 1 rings (SSSR count). The first-order valence-corrected chi connectivity index (χ1v) is 5.78. The Morgan fingerprint density at radius 1 is 1.38 bits per heavy atom. The number of carbonyl (C=O) groups excluding carboxylic acids is 1. The van der Waals surface area contributed by atoms with Gasteiger partial charge in [-0.2, -0.15) is 0 Å². The molecular weight excluding hydrogens is 276 g/mol. The van der Waals surface area contributed by atoms with Gasteiger partial charge < -0.3 is 10.2 Å². The normalized spacial score (nSPS) is 12.1. The van der Waals surface area contributed by atoms with E-state index in [4.69, 9.17) is 5.11 Å². The fourth-order valence-electron chi connectivity index (χ4n) is 1.25. The molecule has 1 atom stereocenters. The molecule has 0 aliphatic heterocycles. The molecule has 1 aromatic rings. The van der Waals surface area contributed by atoms with Gasteiger partial charge in [0, 0.05) is 17.3 Å². The van der Waals surface area contributed by atoms with Crippen molar-refractivity contribution in [2.24, 2.45) is 0 Å². The molecule has 0 radical (unpaired) electrons. The van der Waals surface area contributed by atoms with Crippen LogP contribution < -0.4 is 0 Å². The average molecular weight is 287 g/mol. The maximum Gasteiger partial charge on any atom is 0.337 e. The van der Waals surface area contributed by atoms with Crippen molar-refractivity contribution in [2.45, 2.75) is 12.5 Å². The first-order valence-electron chi connectivity index (χ1n) is 4.66. The molecular formula is C11H11BrO4. The van der Waals surface area contributed by atoms with Crippen LogP contribution in [0.4, 0.5) is 0 Å². The highest BCUT2D eigenvalue weighted by atomic mass is 79.9. The number of aliphatic carboxylic acids is 1. The highest BCUT2D eigenvalue weighted by Gasteiger charge is 2.17. The molecule has 2 N–H and O–H groups in total. The molecule has 4 nitrogen and oxygen atoms in total. The van der Waals surface area contributed by atoms with Crippen molar-refractivity contribution in [1.82, 2.24) is 0 Å². The Bertz CT molecular complexity index is 403. The number of benzene rings is 1. The lowest BCUT2D eigenvalue weighted by Crippen LogP contribution is -2.11. The van der Waals surface area contributed by atoms with Gasteiger partial charge in [0.25, 0.3) is 0 Å². The summed E-state index contributed by atoms with van der Waals surface area (Å²) in [5, 5.41) is 18.5. The maximum absolute atomic E-state index is 11.5. The number of alkyl halides is 1. The van der Waals surface area contributed by atoms with E-state index in [2.05, 4.69) is 15.9 Å². The number of hydrogen-bond donors (Lipinski definition) is 2. The third kappa shape index (κ3) is 3.15. The quantitative estimate of drug-likeness (QED) is 0.639. The fraction of sp³-hybridized carbons (Fsp3) is 0.273. The van der Waals surface area contributed by atoms with E-state index >= 15 is 0 Å². The van der Waals surface area contributed by atoms with Crippen molar-refractivity contribution < 1.29 is 19.8 Å². The van der Waals surface area contributed by atoms with E-state index in [0.29, 0.717) is 17.3 Å². The van der Waals surface area contributed by atoms with Crippen LogP contribution in [0.2, 0.25) is 0 Å². The molecule has 86 valence electrons. The van der Waals surface area contributed by atoms with Gasteiger partial charge in [0.2, 0.25) is 0 Å². The second-order valence-corrected chi connectivity index (χ2v) is 4.02. The molecule has 0 spiro atoms. The first kappa shape index (κ1) is 12.9. The maximum atomic E-state index is 11.5. The molecule has 0 fully saturated rings. The number of ketones is 1. The molecule has 0 heterocycles. The third-order valence-corrected chi connectivity index (χ3v) is 2.48. The monoisotopic (exact) mass is 286 g/mol. The Balaban J connectivity index is 2.95. The molecule has 0 aliphatic rings. The summed E-state index contributed by atoms with van der Waals surface area (Å²) in [6, 6.07) is 6.04. The van der Waals surface area contributed by atoms with Gasteiger partial charge in [-0.15, -0.1) is 0 Å². The number of carboxylic acids is 1. The van der Waals surface area contributed by atoms with Crippen molar-refractivity contribution in [2.75, 3.05) is 5.33 Å². The second kappa shape index (κ2) is 5.77. The van der Waals surface area contributed by atoms with E-state index in [1.54, 1.807) is 12.1 Å². The molecule has 5 heteroatoms. The number of halogens is 1. The van der Waals surface area contributed by atoms with Crippen LogP contribution in [0.15, 0.2) is 24.3 Å². The fourth-order valence-corrected chi connectivity index (χ4v) is 1.62. The number of Topliss-reactive ketones (excluding diaryl/α,β-unsaturated/α-hetero) is 1. The number of aliphatic hydroxyl groups excluding tert-OH is 1. The standard InChI is InChI=1S/C11H11BrO4/c12-5-4-9(13)7-2-1-3-8(6-7)10(14)11(15)16/h1-3,6,10,14H,4-5H2,(H,15,16). The topological polar surface area (TPSA) is 74.6 Å². The van der Waals surface area contributed by atoms with Gasteiger partial charge in [0.15, 0.2) is 11.9 Å². The van der Waals surface area contributed by atoms with Gasteiger partial charge in [-0.05, 0) is 11.6 Å². The number of aliphatic hydroxyl groups is 1. The lowest BCUT2D eigenvalue weighted by molar-refractivity contribution is -0.146. The van der Waals surface area contributed by atoms with E-state index in [0.717, 1.165) is 0 Å². The van der Waals surface area contributed by atoms with Crippen molar-refractivity contribution in [1.29, 1.82) is 0 Å². The molecule has 0 saturated carbocycles. The molecule has 1 unspecified atom stereocenters. The summed E-state index contributed by atoms with van der Waals surface area (Å²) in [6.07, 6.45) is -1.25. The van der Waals surface area contributed by atoms with Crippen molar-refractivity contribution in [3.05, 3.63) is 35.4 Å². The van der Waals surface area contributed by atoms with Gasteiger partial charge in [-0.25, -0.2) is 4.79 Å². The first-order chi connectivity index (χ1) is 7.56. The highest BCUT2D eigenvalue weighted by molar-refractivity contribution is 9.09. The molecule has 0 aromatic heterocycles. The predicted molar refractivity (Wildman–Crippen MR) is 61.8 cm³/mol. The Labute approximate surface area is 101 Å². The van der Waals surface area contributed by atoms with Crippen LogP contribution >= 0.6 is 15.9 Å². The van der Waals surface area contributed by atoms with Crippen molar-refractivity contribution >= 4 is 27.7 Å². The molecule has 0 amide bonds. The molecule has 0 saturated heterocycles. The van der Waals surface area contributed by atoms with Crippen molar-refractivity contribution in [3.63, 3.8) is 0 Å². The smallest absolute Gasteiger partial charge is 0.337 e. The lowest BCUT2D eigenvalue weighted by atomic mass is 10.0. The van der Waals surface area contributed by atoms with Crippen LogP contribution in [-0.2, 0) is 4.79 Å². The van der Waals surface area contributed by atoms with Gasteiger partial charge in [0.05, 0.1) is 0 Å². The largest absolute Gasteiger partial charge is 0.479 e. The van der Waals surface area contributed by atoms with E-state index in [9.17, 15) is 14.7 Å². The average Bonchev–Trinajstić information content (AvgIpc) is 2.28. The Hall–Kier alpha value is -1.20.